The van der Waals surface area contributed by atoms with E-state index in [1.807, 2.05) is 6.20 Å². The van der Waals surface area contributed by atoms with E-state index in [1.165, 1.54) is 0 Å². The Morgan fingerprint density at radius 1 is 1.40 bits per heavy atom. The van der Waals surface area contributed by atoms with Gasteiger partial charge in [0.05, 0.1) is 5.69 Å². The molecule has 1 atom stereocenters. The number of hydrogen-bond acceptors (Lipinski definition) is 4. The van der Waals surface area contributed by atoms with Crippen LogP contribution in [0.3, 0.4) is 0 Å². The van der Waals surface area contributed by atoms with Crippen LogP contribution in [-0.2, 0) is 0 Å². The number of nitrogens with one attached hydrogen (secondary N) is 1. The molecule has 4 nitrogen and oxygen atoms in total. The summed E-state index contributed by atoms with van der Waals surface area (Å²) in [4.78, 5) is 10.5. The standard InChI is InChI=1S/C11H20N4/c1-10(11-9-12-6-7-14-11)13-5-4-8-15(2)3/h6-7,9-10,13H,4-5,8H2,1-3H3. The molecule has 0 saturated heterocycles. The molecule has 1 aromatic rings. The Balaban J connectivity index is 2.22. The van der Waals surface area contributed by atoms with Crippen molar-refractivity contribution in [2.24, 2.45) is 0 Å². The SMILES string of the molecule is CC(NCCCN(C)C)c1cnccn1. The number of nitrogens with zero attached hydrogens (tertiary/aromatic N) is 3. The van der Waals surface area contributed by atoms with E-state index in [0.717, 1.165) is 25.2 Å². The van der Waals surface area contributed by atoms with Gasteiger partial charge < -0.3 is 10.2 Å². The fourth-order valence-electron chi connectivity index (χ4n) is 1.35. The average Bonchev–Trinajstić information content (AvgIpc) is 2.25. The van der Waals surface area contributed by atoms with Crippen molar-refractivity contribution < 1.29 is 0 Å². The zero-order valence-electron chi connectivity index (χ0n) is 9.77. The van der Waals surface area contributed by atoms with Crippen LogP contribution in [0.4, 0.5) is 0 Å². The van der Waals surface area contributed by atoms with E-state index in [4.69, 9.17) is 0 Å². The van der Waals surface area contributed by atoms with Crippen LogP contribution >= 0.6 is 0 Å². The number of hydrogen-bond donors (Lipinski definition) is 1. The Labute approximate surface area is 91.7 Å². The quantitative estimate of drug-likeness (QED) is 0.710. The molecule has 0 bridgehead atoms. The fourth-order valence-corrected chi connectivity index (χ4v) is 1.35. The lowest BCUT2D eigenvalue weighted by Crippen LogP contribution is -2.24. The van der Waals surface area contributed by atoms with Crippen molar-refractivity contribution in [3.05, 3.63) is 24.3 Å². The maximum Gasteiger partial charge on any atom is 0.0753 e. The van der Waals surface area contributed by atoms with Crippen molar-refractivity contribution in [1.29, 1.82) is 0 Å². The van der Waals surface area contributed by atoms with E-state index in [0.29, 0.717) is 0 Å². The number of aromatic nitrogens is 2. The monoisotopic (exact) mass is 208 g/mol. The molecule has 1 N–H and O–H groups in total. The van der Waals surface area contributed by atoms with Gasteiger partial charge in [-0.1, -0.05) is 0 Å². The van der Waals surface area contributed by atoms with E-state index >= 15 is 0 Å². The molecule has 15 heavy (non-hydrogen) atoms. The van der Waals surface area contributed by atoms with E-state index in [2.05, 4.69) is 41.2 Å². The zero-order valence-corrected chi connectivity index (χ0v) is 9.77. The Bertz CT molecular complexity index is 261. The molecule has 1 unspecified atom stereocenters. The van der Waals surface area contributed by atoms with Gasteiger partial charge in [-0.05, 0) is 40.5 Å². The van der Waals surface area contributed by atoms with Crippen LogP contribution in [0.1, 0.15) is 25.1 Å². The highest BCUT2D eigenvalue weighted by atomic mass is 15.1. The number of rotatable bonds is 6. The summed E-state index contributed by atoms with van der Waals surface area (Å²) >= 11 is 0. The van der Waals surface area contributed by atoms with Gasteiger partial charge >= 0.3 is 0 Å². The first-order valence-electron chi connectivity index (χ1n) is 5.34. The van der Waals surface area contributed by atoms with Gasteiger partial charge in [-0.2, -0.15) is 0 Å². The van der Waals surface area contributed by atoms with Gasteiger partial charge in [0.2, 0.25) is 0 Å². The lowest BCUT2D eigenvalue weighted by atomic mass is 10.2. The Morgan fingerprint density at radius 2 is 2.20 bits per heavy atom. The van der Waals surface area contributed by atoms with Gasteiger partial charge in [-0.15, -0.1) is 0 Å². The van der Waals surface area contributed by atoms with E-state index in [1.54, 1.807) is 12.4 Å². The first-order valence-corrected chi connectivity index (χ1v) is 5.34. The van der Waals surface area contributed by atoms with Gasteiger partial charge in [-0.3, -0.25) is 9.97 Å². The van der Waals surface area contributed by atoms with Gasteiger partial charge in [-0.25, -0.2) is 0 Å². The van der Waals surface area contributed by atoms with E-state index in [9.17, 15) is 0 Å². The summed E-state index contributed by atoms with van der Waals surface area (Å²) < 4.78 is 0. The third kappa shape index (κ3) is 4.85. The predicted octanol–water partition coefficient (Wildman–Crippen LogP) is 1.08. The zero-order chi connectivity index (χ0) is 11.1. The van der Waals surface area contributed by atoms with Crippen LogP contribution in [0.15, 0.2) is 18.6 Å². The molecule has 0 aliphatic carbocycles. The largest absolute Gasteiger partial charge is 0.309 e. The van der Waals surface area contributed by atoms with E-state index < -0.39 is 0 Å². The molecule has 0 saturated carbocycles. The minimum atomic E-state index is 0.279. The first-order chi connectivity index (χ1) is 7.20. The van der Waals surface area contributed by atoms with Gasteiger partial charge in [0.15, 0.2) is 0 Å². The van der Waals surface area contributed by atoms with Crippen molar-refractivity contribution in [3.8, 4) is 0 Å². The maximum absolute atomic E-state index is 4.26. The second-order valence-electron chi connectivity index (χ2n) is 3.96. The van der Waals surface area contributed by atoms with Crippen LogP contribution in [0.25, 0.3) is 0 Å². The lowest BCUT2D eigenvalue weighted by molar-refractivity contribution is 0.388. The van der Waals surface area contributed by atoms with Crippen LogP contribution < -0.4 is 5.32 Å². The Morgan fingerprint density at radius 3 is 2.80 bits per heavy atom. The molecular weight excluding hydrogens is 188 g/mol. The van der Waals surface area contributed by atoms with Crippen molar-refractivity contribution >= 4 is 0 Å². The summed E-state index contributed by atoms with van der Waals surface area (Å²) in [5.74, 6) is 0. The fraction of sp³-hybridized carbons (Fsp3) is 0.636. The van der Waals surface area contributed by atoms with Crippen LogP contribution in [-0.4, -0.2) is 42.1 Å². The normalized spacial score (nSPS) is 13.1. The lowest BCUT2D eigenvalue weighted by Gasteiger charge is -2.14. The molecule has 84 valence electrons. The molecule has 0 radical (unpaired) electrons. The topological polar surface area (TPSA) is 41.0 Å². The Hall–Kier alpha value is -1.00. The third-order valence-electron chi connectivity index (χ3n) is 2.26. The summed E-state index contributed by atoms with van der Waals surface area (Å²) in [7, 11) is 4.18. The second-order valence-corrected chi connectivity index (χ2v) is 3.96. The minimum absolute atomic E-state index is 0.279. The van der Waals surface area contributed by atoms with Crippen LogP contribution in [0.5, 0.6) is 0 Å². The van der Waals surface area contributed by atoms with Crippen molar-refractivity contribution in [2.45, 2.75) is 19.4 Å². The highest BCUT2D eigenvalue weighted by Gasteiger charge is 2.04. The predicted molar refractivity (Wildman–Crippen MR) is 61.6 cm³/mol. The molecule has 0 aliphatic heterocycles. The molecule has 0 aromatic carbocycles. The maximum atomic E-state index is 4.26. The van der Waals surface area contributed by atoms with Gasteiger partial charge in [0, 0.05) is 24.6 Å². The second kappa shape index (κ2) is 6.48. The van der Waals surface area contributed by atoms with Crippen molar-refractivity contribution in [1.82, 2.24) is 20.2 Å². The smallest absolute Gasteiger partial charge is 0.0753 e. The molecule has 0 spiro atoms. The summed E-state index contributed by atoms with van der Waals surface area (Å²) in [6.45, 7) is 4.23. The van der Waals surface area contributed by atoms with E-state index in [-0.39, 0.29) is 6.04 Å². The summed E-state index contributed by atoms with van der Waals surface area (Å²) in [5, 5.41) is 3.43. The molecule has 1 aromatic heterocycles. The average molecular weight is 208 g/mol. The highest BCUT2D eigenvalue weighted by Crippen LogP contribution is 2.05. The first kappa shape index (κ1) is 12.1. The molecule has 0 fully saturated rings. The third-order valence-corrected chi connectivity index (χ3v) is 2.26. The summed E-state index contributed by atoms with van der Waals surface area (Å²) in [6, 6.07) is 0.279. The summed E-state index contributed by atoms with van der Waals surface area (Å²) in [6.07, 6.45) is 6.39. The van der Waals surface area contributed by atoms with Gasteiger partial charge in [0.25, 0.3) is 0 Å². The molecule has 0 aliphatic rings. The molecule has 4 heteroatoms. The minimum Gasteiger partial charge on any atom is -0.309 e. The Kier molecular flexibility index (Phi) is 5.21. The summed E-state index contributed by atoms with van der Waals surface area (Å²) in [5.41, 5.74) is 1.00. The molecular formula is C11H20N4. The van der Waals surface area contributed by atoms with Gasteiger partial charge in [0.1, 0.15) is 0 Å². The molecule has 1 heterocycles. The van der Waals surface area contributed by atoms with Crippen molar-refractivity contribution in [3.63, 3.8) is 0 Å². The highest BCUT2D eigenvalue weighted by molar-refractivity contribution is 5.00. The molecule has 0 amide bonds. The molecule has 1 rings (SSSR count). The van der Waals surface area contributed by atoms with Crippen LogP contribution in [0.2, 0.25) is 0 Å². The van der Waals surface area contributed by atoms with Crippen LogP contribution in [0, 0.1) is 0 Å². The van der Waals surface area contributed by atoms with Crippen molar-refractivity contribution in [2.75, 3.05) is 27.2 Å².